The molecule has 2 aromatic rings. The molecule has 0 amide bonds. The van der Waals surface area contributed by atoms with E-state index in [1.165, 1.54) is 11.3 Å². The van der Waals surface area contributed by atoms with Crippen LogP contribution in [0.5, 0.6) is 10.8 Å². The van der Waals surface area contributed by atoms with Crippen LogP contribution in [0.3, 0.4) is 0 Å². The number of rotatable bonds is 3. The predicted octanol–water partition coefficient (Wildman–Crippen LogP) is 4.73. The molecule has 1 aromatic heterocycles. The van der Waals surface area contributed by atoms with Crippen molar-refractivity contribution in [2.45, 2.75) is 13.8 Å². The van der Waals surface area contributed by atoms with Gasteiger partial charge in [0, 0.05) is 4.47 Å². The van der Waals surface area contributed by atoms with E-state index in [-0.39, 0.29) is 0 Å². The van der Waals surface area contributed by atoms with Crippen LogP contribution in [0.2, 0.25) is 0 Å². The Balaban J connectivity index is 2.27. The lowest BCUT2D eigenvalue weighted by molar-refractivity contribution is 0.112. The summed E-state index contributed by atoms with van der Waals surface area (Å²) in [5.41, 5.74) is 2.26. The Bertz CT molecular complexity index is 537. The van der Waals surface area contributed by atoms with Crippen LogP contribution in [-0.4, -0.2) is 6.29 Å². The molecule has 1 heterocycles. The summed E-state index contributed by atoms with van der Waals surface area (Å²) in [5.74, 6) is 0.794. The molecule has 2 rings (SSSR count). The van der Waals surface area contributed by atoms with Crippen LogP contribution < -0.4 is 4.74 Å². The molecule has 0 atom stereocenters. The molecule has 0 bridgehead atoms. The molecule has 0 fully saturated rings. The first-order valence-electron chi connectivity index (χ1n) is 5.10. The maximum atomic E-state index is 10.6. The molecule has 0 aliphatic rings. The van der Waals surface area contributed by atoms with E-state index < -0.39 is 0 Å². The molecule has 88 valence electrons. The second kappa shape index (κ2) is 5.02. The smallest absolute Gasteiger partial charge is 0.181 e. The first kappa shape index (κ1) is 12.3. The molecule has 0 radical (unpaired) electrons. The molecule has 17 heavy (non-hydrogen) atoms. The molecular formula is C13H11BrO2S. The van der Waals surface area contributed by atoms with Crippen LogP contribution in [0.15, 0.2) is 28.7 Å². The van der Waals surface area contributed by atoms with E-state index >= 15 is 0 Å². The standard InChI is InChI=1S/C13H11BrO2S/c1-8-5-10(6-9(2)13(8)14)16-12-4-3-11(7-15)17-12/h3-7H,1-2H3. The Morgan fingerprint density at radius 3 is 2.41 bits per heavy atom. The summed E-state index contributed by atoms with van der Waals surface area (Å²) in [6, 6.07) is 7.50. The van der Waals surface area contributed by atoms with E-state index in [1.807, 2.05) is 26.0 Å². The third-order valence-electron chi connectivity index (χ3n) is 2.35. The third-order valence-corrected chi connectivity index (χ3v) is 4.49. The van der Waals surface area contributed by atoms with Gasteiger partial charge in [-0.25, -0.2) is 0 Å². The number of hydrogen-bond acceptors (Lipinski definition) is 3. The van der Waals surface area contributed by atoms with Gasteiger partial charge in [0.05, 0.1) is 4.88 Å². The number of hydrogen-bond donors (Lipinski definition) is 0. The van der Waals surface area contributed by atoms with E-state index in [0.717, 1.165) is 32.7 Å². The minimum Gasteiger partial charge on any atom is -0.447 e. The Labute approximate surface area is 112 Å². The fraction of sp³-hybridized carbons (Fsp3) is 0.154. The highest BCUT2D eigenvalue weighted by atomic mass is 79.9. The van der Waals surface area contributed by atoms with Gasteiger partial charge in [-0.3, -0.25) is 4.79 Å². The van der Waals surface area contributed by atoms with Crippen molar-refractivity contribution in [2.75, 3.05) is 0 Å². The summed E-state index contributed by atoms with van der Waals surface area (Å²) in [5, 5.41) is 0.730. The Morgan fingerprint density at radius 2 is 1.88 bits per heavy atom. The van der Waals surface area contributed by atoms with E-state index in [0.29, 0.717) is 4.88 Å². The van der Waals surface area contributed by atoms with Crippen LogP contribution in [0, 0.1) is 13.8 Å². The summed E-state index contributed by atoms with van der Waals surface area (Å²) < 4.78 is 6.82. The number of aldehydes is 1. The quantitative estimate of drug-likeness (QED) is 0.766. The monoisotopic (exact) mass is 310 g/mol. The summed E-state index contributed by atoms with van der Waals surface area (Å²) >= 11 is 4.86. The largest absolute Gasteiger partial charge is 0.447 e. The van der Waals surface area contributed by atoms with E-state index in [1.54, 1.807) is 12.1 Å². The topological polar surface area (TPSA) is 26.3 Å². The maximum Gasteiger partial charge on any atom is 0.181 e. The Hall–Kier alpha value is -1.13. The van der Waals surface area contributed by atoms with Crippen LogP contribution in [0.4, 0.5) is 0 Å². The molecule has 0 aliphatic carbocycles. The van der Waals surface area contributed by atoms with Crippen LogP contribution >= 0.6 is 27.3 Å². The third kappa shape index (κ3) is 2.76. The average molecular weight is 311 g/mol. The highest BCUT2D eigenvalue weighted by Crippen LogP contribution is 2.32. The maximum absolute atomic E-state index is 10.6. The number of thiophene rings is 1. The lowest BCUT2D eigenvalue weighted by Crippen LogP contribution is -1.86. The van der Waals surface area contributed by atoms with Crippen molar-refractivity contribution < 1.29 is 9.53 Å². The number of halogens is 1. The van der Waals surface area contributed by atoms with Crippen molar-refractivity contribution in [3.05, 3.63) is 44.7 Å². The van der Waals surface area contributed by atoms with E-state index in [4.69, 9.17) is 4.74 Å². The molecule has 1 aromatic carbocycles. The zero-order valence-electron chi connectivity index (χ0n) is 9.49. The Morgan fingerprint density at radius 1 is 1.24 bits per heavy atom. The molecule has 4 heteroatoms. The lowest BCUT2D eigenvalue weighted by Gasteiger charge is -2.08. The molecule has 0 spiro atoms. The first-order chi connectivity index (χ1) is 8.10. The highest BCUT2D eigenvalue weighted by molar-refractivity contribution is 9.10. The molecule has 0 aliphatic heterocycles. The summed E-state index contributed by atoms with van der Waals surface area (Å²) in [7, 11) is 0. The minimum atomic E-state index is 0.672. The van der Waals surface area contributed by atoms with Crippen LogP contribution in [0.1, 0.15) is 20.8 Å². The minimum absolute atomic E-state index is 0.672. The van der Waals surface area contributed by atoms with Gasteiger partial charge in [0.2, 0.25) is 0 Å². The normalized spacial score (nSPS) is 10.3. The summed E-state index contributed by atoms with van der Waals surface area (Å²) in [6.45, 7) is 4.05. The van der Waals surface area contributed by atoms with Gasteiger partial charge >= 0.3 is 0 Å². The van der Waals surface area contributed by atoms with Gasteiger partial charge in [0.25, 0.3) is 0 Å². The lowest BCUT2D eigenvalue weighted by atomic mass is 10.1. The zero-order valence-corrected chi connectivity index (χ0v) is 11.9. The fourth-order valence-corrected chi connectivity index (χ4v) is 2.45. The second-order valence-corrected chi connectivity index (χ2v) is 5.62. The summed E-state index contributed by atoms with van der Waals surface area (Å²) in [6.07, 6.45) is 0.829. The number of carbonyl (C=O) groups is 1. The summed E-state index contributed by atoms with van der Waals surface area (Å²) in [4.78, 5) is 11.2. The number of aryl methyl sites for hydroxylation is 2. The van der Waals surface area contributed by atoms with Crippen molar-refractivity contribution in [1.82, 2.24) is 0 Å². The van der Waals surface area contributed by atoms with E-state index in [9.17, 15) is 4.79 Å². The average Bonchev–Trinajstić information content (AvgIpc) is 2.73. The molecule has 0 saturated heterocycles. The Kier molecular flexibility index (Phi) is 3.64. The van der Waals surface area contributed by atoms with Gasteiger partial charge in [-0.05, 0) is 49.2 Å². The fourth-order valence-electron chi connectivity index (χ4n) is 1.53. The number of carbonyl (C=O) groups excluding carboxylic acids is 1. The molecular weight excluding hydrogens is 300 g/mol. The van der Waals surface area contributed by atoms with Gasteiger partial charge in [0.15, 0.2) is 11.3 Å². The SMILES string of the molecule is Cc1cc(Oc2ccc(C=O)s2)cc(C)c1Br. The predicted molar refractivity (Wildman–Crippen MR) is 73.4 cm³/mol. The van der Waals surface area contributed by atoms with Gasteiger partial charge in [0.1, 0.15) is 5.75 Å². The zero-order chi connectivity index (χ0) is 12.4. The molecule has 0 N–H and O–H groups in total. The second-order valence-electron chi connectivity index (χ2n) is 3.75. The van der Waals surface area contributed by atoms with Gasteiger partial charge in [-0.15, -0.1) is 0 Å². The van der Waals surface area contributed by atoms with Gasteiger partial charge < -0.3 is 4.74 Å². The number of ether oxygens (including phenoxy) is 1. The van der Waals surface area contributed by atoms with Gasteiger partial charge in [-0.2, -0.15) is 0 Å². The van der Waals surface area contributed by atoms with E-state index in [2.05, 4.69) is 15.9 Å². The van der Waals surface area contributed by atoms with Crippen molar-refractivity contribution in [2.24, 2.45) is 0 Å². The van der Waals surface area contributed by atoms with Crippen LogP contribution in [-0.2, 0) is 0 Å². The number of benzene rings is 1. The molecule has 0 saturated carbocycles. The van der Waals surface area contributed by atoms with Crippen molar-refractivity contribution >= 4 is 33.6 Å². The van der Waals surface area contributed by atoms with Gasteiger partial charge in [-0.1, -0.05) is 27.3 Å². The van der Waals surface area contributed by atoms with Crippen molar-refractivity contribution in [1.29, 1.82) is 0 Å². The first-order valence-corrected chi connectivity index (χ1v) is 6.70. The van der Waals surface area contributed by atoms with Crippen LogP contribution in [0.25, 0.3) is 0 Å². The van der Waals surface area contributed by atoms with Crippen molar-refractivity contribution in [3.8, 4) is 10.8 Å². The van der Waals surface area contributed by atoms with Crippen molar-refractivity contribution in [3.63, 3.8) is 0 Å². The molecule has 2 nitrogen and oxygen atoms in total. The molecule has 0 unspecified atom stereocenters. The highest BCUT2D eigenvalue weighted by Gasteiger charge is 2.06.